The second kappa shape index (κ2) is 4.69. The zero-order chi connectivity index (χ0) is 8.91. The third kappa shape index (κ3) is 7.77. The van der Waals surface area contributed by atoms with Crippen LogP contribution in [-0.2, 0) is 19.0 Å². The Hall–Kier alpha value is -0.130. The smallest absolute Gasteiger partial charge is 0.264 e. The van der Waals surface area contributed by atoms with Crippen LogP contribution in [0.3, 0.4) is 0 Å². The third-order valence-corrected chi connectivity index (χ3v) is 1.57. The summed E-state index contributed by atoms with van der Waals surface area (Å²) in [6.07, 6.45) is 0.625. The lowest BCUT2D eigenvalue weighted by Gasteiger charge is -2.09. The van der Waals surface area contributed by atoms with Gasteiger partial charge in [0.15, 0.2) is 0 Å². The Morgan fingerprint density at radius 2 is 2.00 bits per heavy atom. The molecule has 0 bridgehead atoms. The number of hydrogen-bond donors (Lipinski definition) is 0. The molecule has 0 aromatic carbocycles. The summed E-state index contributed by atoms with van der Waals surface area (Å²) in [7, 11) is -3.33. The maximum atomic E-state index is 10.5. The normalized spacial score (nSPS) is 14.8. The summed E-state index contributed by atoms with van der Waals surface area (Å²) in [5.41, 5.74) is 0. The van der Waals surface area contributed by atoms with E-state index in [9.17, 15) is 8.42 Å². The molecule has 5 heteroatoms. The zero-order valence-corrected chi connectivity index (χ0v) is 7.85. The molecule has 0 rings (SSSR count). The minimum absolute atomic E-state index is 0.309. The first-order valence-corrected chi connectivity index (χ1v) is 5.23. The average molecular weight is 182 g/mol. The van der Waals surface area contributed by atoms with Gasteiger partial charge in [0, 0.05) is 6.61 Å². The molecule has 0 aliphatic carbocycles. The van der Waals surface area contributed by atoms with Crippen LogP contribution in [0.2, 0.25) is 0 Å². The molecule has 0 spiro atoms. The summed E-state index contributed by atoms with van der Waals surface area (Å²) in [4.78, 5) is 0. The zero-order valence-electron chi connectivity index (χ0n) is 7.03. The molecule has 0 saturated heterocycles. The molecule has 11 heavy (non-hydrogen) atoms. The highest BCUT2D eigenvalue weighted by atomic mass is 32.2. The highest BCUT2D eigenvalue weighted by Gasteiger charge is 2.09. The lowest BCUT2D eigenvalue weighted by molar-refractivity contribution is 0.0695. The Balaban J connectivity index is 3.61. The highest BCUT2D eigenvalue weighted by Crippen LogP contribution is 1.96. The topological polar surface area (TPSA) is 52.6 Å². The molecule has 1 atom stereocenters. The van der Waals surface area contributed by atoms with Crippen LogP contribution in [0, 0.1) is 0 Å². The minimum atomic E-state index is -3.33. The number of ether oxygens (including phenoxy) is 1. The van der Waals surface area contributed by atoms with Gasteiger partial charge >= 0.3 is 0 Å². The molecule has 0 amide bonds. The van der Waals surface area contributed by atoms with Crippen molar-refractivity contribution in [3.63, 3.8) is 0 Å². The lowest BCUT2D eigenvalue weighted by Crippen LogP contribution is -2.19. The lowest BCUT2D eigenvalue weighted by atomic mass is 10.4. The van der Waals surface area contributed by atoms with Gasteiger partial charge < -0.3 is 4.74 Å². The van der Waals surface area contributed by atoms with Gasteiger partial charge in [0.2, 0.25) is 0 Å². The van der Waals surface area contributed by atoms with Crippen molar-refractivity contribution >= 4 is 10.1 Å². The van der Waals surface area contributed by atoms with E-state index in [1.807, 2.05) is 6.92 Å². The molecule has 0 radical (unpaired) electrons. The van der Waals surface area contributed by atoms with Gasteiger partial charge in [-0.15, -0.1) is 0 Å². The van der Waals surface area contributed by atoms with Crippen LogP contribution < -0.4 is 0 Å². The van der Waals surface area contributed by atoms with E-state index >= 15 is 0 Å². The van der Waals surface area contributed by atoms with E-state index in [2.05, 4.69) is 4.18 Å². The largest absolute Gasteiger partial charge is 0.379 e. The van der Waals surface area contributed by atoms with E-state index < -0.39 is 16.2 Å². The number of rotatable bonds is 5. The van der Waals surface area contributed by atoms with E-state index in [0.717, 1.165) is 6.26 Å². The van der Waals surface area contributed by atoms with E-state index in [0.29, 0.717) is 13.2 Å². The van der Waals surface area contributed by atoms with E-state index in [1.54, 1.807) is 6.92 Å². The molecule has 0 aliphatic heterocycles. The summed E-state index contributed by atoms with van der Waals surface area (Å²) in [5, 5.41) is 0. The molecular formula is C6H14O4S. The average Bonchev–Trinajstić information content (AvgIpc) is 1.79. The van der Waals surface area contributed by atoms with Crippen molar-refractivity contribution in [3.8, 4) is 0 Å². The van der Waals surface area contributed by atoms with Crippen molar-refractivity contribution in [2.75, 3.05) is 19.5 Å². The van der Waals surface area contributed by atoms with E-state index in [1.165, 1.54) is 0 Å². The molecule has 0 aliphatic rings. The molecule has 0 fully saturated rings. The third-order valence-electron chi connectivity index (χ3n) is 0.896. The van der Waals surface area contributed by atoms with Crippen molar-refractivity contribution in [2.24, 2.45) is 0 Å². The Labute approximate surface area is 67.6 Å². The van der Waals surface area contributed by atoms with Crippen LogP contribution in [0.1, 0.15) is 13.8 Å². The number of hydrogen-bond acceptors (Lipinski definition) is 4. The van der Waals surface area contributed by atoms with Crippen molar-refractivity contribution in [1.82, 2.24) is 0 Å². The first kappa shape index (κ1) is 10.9. The summed E-state index contributed by atoms with van der Waals surface area (Å²) >= 11 is 0. The van der Waals surface area contributed by atoms with Crippen LogP contribution in [0.5, 0.6) is 0 Å². The first-order valence-electron chi connectivity index (χ1n) is 3.41. The molecule has 0 N–H and O–H groups in total. The molecular weight excluding hydrogens is 168 g/mol. The Morgan fingerprint density at radius 3 is 2.36 bits per heavy atom. The highest BCUT2D eigenvalue weighted by molar-refractivity contribution is 7.86. The monoisotopic (exact) mass is 182 g/mol. The van der Waals surface area contributed by atoms with Crippen LogP contribution in [0.4, 0.5) is 0 Å². The van der Waals surface area contributed by atoms with Crippen molar-refractivity contribution < 1.29 is 17.3 Å². The predicted molar refractivity (Wildman–Crippen MR) is 41.9 cm³/mol. The Kier molecular flexibility index (Phi) is 4.63. The molecule has 0 aromatic rings. The Bertz CT molecular complexity index is 185. The maximum absolute atomic E-state index is 10.5. The first-order chi connectivity index (χ1) is 4.95. The van der Waals surface area contributed by atoms with Crippen molar-refractivity contribution in [2.45, 2.75) is 20.0 Å². The summed E-state index contributed by atoms with van der Waals surface area (Å²) in [6.45, 7) is 4.37. The van der Waals surface area contributed by atoms with Gasteiger partial charge in [0.1, 0.15) is 0 Å². The predicted octanol–water partition coefficient (Wildman–Crippen LogP) is 0.388. The van der Waals surface area contributed by atoms with Gasteiger partial charge in [-0.1, -0.05) is 0 Å². The van der Waals surface area contributed by atoms with Gasteiger partial charge in [-0.3, -0.25) is 4.18 Å². The van der Waals surface area contributed by atoms with Gasteiger partial charge in [-0.05, 0) is 13.8 Å². The van der Waals surface area contributed by atoms with Crippen LogP contribution in [0.15, 0.2) is 0 Å². The standard InChI is InChI=1S/C6H14O4S/c1-4-9-5-6(2)10-11(3,7)8/h6H,4-5H2,1-3H3. The second-order valence-electron chi connectivity index (χ2n) is 2.27. The van der Waals surface area contributed by atoms with E-state index in [-0.39, 0.29) is 0 Å². The molecule has 4 nitrogen and oxygen atoms in total. The van der Waals surface area contributed by atoms with Gasteiger partial charge in [0.25, 0.3) is 10.1 Å². The maximum Gasteiger partial charge on any atom is 0.264 e. The SMILES string of the molecule is CCOCC(C)OS(C)(=O)=O. The molecule has 1 unspecified atom stereocenters. The summed E-state index contributed by atoms with van der Waals surface area (Å²) in [6, 6.07) is 0. The fourth-order valence-electron chi connectivity index (χ4n) is 0.610. The van der Waals surface area contributed by atoms with Crippen LogP contribution in [-0.4, -0.2) is 34.0 Å². The van der Waals surface area contributed by atoms with E-state index in [4.69, 9.17) is 4.74 Å². The summed E-state index contributed by atoms with van der Waals surface area (Å²) < 4.78 is 30.6. The molecule has 68 valence electrons. The van der Waals surface area contributed by atoms with Crippen molar-refractivity contribution in [1.29, 1.82) is 0 Å². The fraction of sp³-hybridized carbons (Fsp3) is 1.00. The Morgan fingerprint density at radius 1 is 1.45 bits per heavy atom. The van der Waals surface area contributed by atoms with Gasteiger partial charge in [0.05, 0.1) is 19.0 Å². The van der Waals surface area contributed by atoms with Gasteiger partial charge in [-0.2, -0.15) is 8.42 Å². The molecule has 0 aromatic heterocycles. The fourth-order valence-corrected chi connectivity index (χ4v) is 1.26. The summed E-state index contributed by atoms with van der Waals surface area (Å²) in [5.74, 6) is 0. The van der Waals surface area contributed by atoms with Crippen LogP contribution >= 0.6 is 0 Å². The molecule has 0 saturated carbocycles. The second-order valence-corrected chi connectivity index (χ2v) is 3.87. The minimum Gasteiger partial charge on any atom is -0.379 e. The van der Waals surface area contributed by atoms with Crippen LogP contribution in [0.25, 0.3) is 0 Å². The quantitative estimate of drug-likeness (QED) is 0.577. The van der Waals surface area contributed by atoms with Crippen molar-refractivity contribution in [3.05, 3.63) is 0 Å². The molecule has 0 heterocycles. The van der Waals surface area contributed by atoms with Gasteiger partial charge in [-0.25, -0.2) is 0 Å².